The minimum absolute atomic E-state index is 0.0166. The maximum atomic E-state index is 12.6. The molecule has 0 bridgehead atoms. The zero-order valence-electron chi connectivity index (χ0n) is 14.4. The molecule has 5 heteroatoms. The summed E-state index contributed by atoms with van der Waals surface area (Å²) in [5, 5.41) is 3.03. The SMILES string of the molecule is CCCCCCNC(=O)C1CCCN(C(=O)c2ccc(Br)cc2)C1. The molecule has 1 aromatic rings. The zero-order chi connectivity index (χ0) is 17.4. The molecule has 0 aliphatic carbocycles. The normalized spacial score (nSPS) is 17.6. The first-order valence-corrected chi connectivity index (χ1v) is 9.73. The monoisotopic (exact) mass is 394 g/mol. The van der Waals surface area contributed by atoms with Crippen molar-refractivity contribution in [2.75, 3.05) is 19.6 Å². The van der Waals surface area contributed by atoms with Gasteiger partial charge in [0.05, 0.1) is 5.92 Å². The van der Waals surface area contributed by atoms with Gasteiger partial charge >= 0.3 is 0 Å². The van der Waals surface area contributed by atoms with Gasteiger partial charge < -0.3 is 10.2 Å². The van der Waals surface area contributed by atoms with Crippen LogP contribution in [-0.2, 0) is 4.79 Å². The molecular formula is C19H27BrN2O2. The van der Waals surface area contributed by atoms with Gasteiger partial charge in [0, 0.05) is 29.7 Å². The van der Waals surface area contributed by atoms with Crippen LogP contribution in [0.3, 0.4) is 0 Å². The van der Waals surface area contributed by atoms with Gasteiger partial charge in [-0.05, 0) is 43.5 Å². The van der Waals surface area contributed by atoms with Gasteiger partial charge in [0.2, 0.25) is 5.91 Å². The third-order valence-corrected chi connectivity index (χ3v) is 5.03. The largest absolute Gasteiger partial charge is 0.356 e. The quantitative estimate of drug-likeness (QED) is 0.710. The molecule has 132 valence electrons. The number of benzene rings is 1. The number of hydrogen-bond donors (Lipinski definition) is 1. The first kappa shape index (κ1) is 19.0. The van der Waals surface area contributed by atoms with Crippen LogP contribution < -0.4 is 5.32 Å². The maximum Gasteiger partial charge on any atom is 0.253 e. The molecule has 1 saturated heterocycles. The number of piperidine rings is 1. The lowest BCUT2D eigenvalue weighted by molar-refractivity contribution is -0.126. The second-order valence-electron chi connectivity index (χ2n) is 6.45. The average Bonchev–Trinajstić information content (AvgIpc) is 2.61. The predicted molar refractivity (Wildman–Crippen MR) is 99.9 cm³/mol. The molecule has 0 spiro atoms. The fraction of sp³-hybridized carbons (Fsp3) is 0.579. The highest BCUT2D eigenvalue weighted by Gasteiger charge is 2.28. The minimum atomic E-state index is -0.0793. The molecule has 1 atom stereocenters. The Kier molecular flexibility index (Phi) is 7.76. The van der Waals surface area contributed by atoms with E-state index < -0.39 is 0 Å². The number of rotatable bonds is 7. The lowest BCUT2D eigenvalue weighted by Crippen LogP contribution is -2.45. The highest BCUT2D eigenvalue weighted by atomic mass is 79.9. The Morgan fingerprint density at radius 2 is 1.96 bits per heavy atom. The van der Waals surface area contributed by atoms with E-state index in [-0.39, 0.29) is 17.7 Å². The van der Waals surface area contributed by atoms with E-state index in [9.17, 15) is 9.59 Å². The fourth-order valence-electron chi connectivity index (χ4n) is 3.06. The van der Waals surface area contributed by atoms with Crippen LogP contribution in [0.25, 0.3) is 0 Å². The predicted octanol–water partition coefficient (Wildman–Crippen LogP) is 4.00. The summed E-state index contributed by atoms with van der Waals surface area (Å²) in [6, 6.07) is 7.39. The third-order valence-electron chi connectivity index (χ3n) is 4.50. The molecule has 0 saturated carbocycles. The lowest BCUT2D eigenvalue weighted by atomic mass is 9.96. The van der Waals surface area contributed by atoms with Crippen LogP contribution in [0, 0.1) is 5.92 Å². The van der Waals surface area contributed by atoms with Gasteiger partial charge in [-0.1, -0.05) is 42.1 Å². The van der Waals surface area contributed by atoms with E-state index in [0.29, 0.717) is 12.1 Å². The number of likely N-dealkylation sites (tertiary alicyclic amines) is 1. The van der Waals surface area contributed by atoms with E-state index in [1.807, 2.05) is 29.2 Å². The van der Waals surface area contributed by atoms with Gasteiger partial charge in [0.25, 0.3) is 5.91 Å². The van der Waals surface area contributed by atoms with E-state index in [1.54, 1.807) is 0 Å². The molecule has 0 radical (unpaired) electrons. The summed E-state index contributed by atoms with van der Waals surface area (Å²) in [5.74, 6) is 0.0343. The Hall–Kier alpha value is -1.36. The Morgan fingerprint density at radius 1 is 1.21 bits per heavy atom. The molecule has 1 aromatic carbocycles. The van der Waals surface area contributed by atoms with Crippen molar-refractivity contribution in [1.29, 1.82) is 0 Å². The fourth-order valence-corrected chi connectivity index (χ4v) is 3.32. The van der Waals surface area contributed by atoms with Crippen molar-refractivity contribution in [2.24, 2.45) is 5.92 Å². The Bertz CT molecular complexity index is 545. The summed E-state index contributed by atoms with van der Waals surface area (Å²) in [4.78, 5) is 26.7. The number of halogens is 1. The Morgan fingerprint density at radius 3 is 2.67 bits per heavy atom. The van der Waals surface area contributed by atoms with E-state index >= 15 is 0 Å². The molecule has 1 N–H and O–H groups in total. The van der Waals surface area contributed by atoms with E-state index in [1.165, 1.54) is 12.8 Å². The molecule has 1 aliphatic heterocycles. The standard InChI is InChI=1S/C19H27BrN2O2/c1-2-3-4-5-12-21-18(23)16-7-6-13-22(14-16)19(24)15-8-10-17(20)11-9-15/h8-11,16H,2-7,12-14H2,1H3,(H,21,23). The molecule has 1 aliphatic rings. The van der Waals surface area contributed by atoms with Crippen molar-refractivity contribution < 1.29 is 9.59 Å². The Balaban J connectivity index is 1.83. The summed E-state index contributed by atoms with van der Waals surface area (Å²) in [6.07, 6.45) is 6.36. The molecule has 1 fully saturated rings. The van der Waals surface area contributed by atoms with Crippen LogP contribution in [0.15, 0.2) is 28.7 Å². The van der Waals surface area contributed by atoms with Crippen LogP contribution in [0.1, 0.15) is 55.8 Å². The number of carbonyl (C=O) groups is 2. The molecule has 4 nitrogen and oxygen atoms in total. The highest BCUT2D eigenvalue weighted by Crippen LogP contribution is 2.20. The second kappa shape index (κ2) is 9.82. The van der Waals surface area contributed by atoms with Gasteiger partial charge in [-0.25, -0.2) is 0 Å². The number of nitrogens with zero attached hydrogens (tertiary/aromatic N) is 1. The summed E-state index contributed by atoms with van der Waals surface area (Å²) < 4.78 is 0.957. The first-order valence-electron chi connectivity index (χ1n) is 8.94. The molecular weight excluding hydrogens is 368 g/mol. The van der Waals surface area contributed by atoms with Gasteiger partial charge in [0.15, 0.2) is 0 Å². The molecule has 1 unspecified atom stereocenters. The summed E-state index contributed by atoms with van der Waals surface area (Å²) in [6.45, 7) is 4.18. The number of nitrogens with one attached hydrogen (secondary N) is 1. The first-order chi connectivity index (χ1) is 11.6. The van der Waals surface area contributed by atoms with Crippen LogP contribution in [-0.4, -0.2) is 36.3 Å². The number of amides is 2. The number of carbonyl (C=O) groups excluding carboxylic acids is 2. The molecule has 0 aromatic heterocycles. The van der Waals surface area contributed by atoms with Crippen molar-refractivity contribution in [3.8, 4) is 0 Å². The number of hydrogen-bond acceptors (Lipinski definition) is 2. The zero-order valence-corrected chi connectivity index (χ0v) is 16.0. The third kappa shape index (κ3) is 5.62. The van der Waals surface area contributed by atoms with Crippen molar-refractivity contribution >= 4 is 27.7 Å². The molecule has 24 heavy (non-hydrogen) atoms. The second-order valence-corrected chi connectivity index (χ2v) is 7.36. The van der Waals surface area contributed by atoms with Crippen molar-refractivity contribution in [3.63, 3.8) is 0 Å². The van der Waals surface area contributed by atoms with Gasteiger partial charge in [-0.3, -0.25) is 9.59 Å². The minimum Gasteiger partial charge on any atom is -0.356 e. The van der Waals surface area contributed by atoms with E-state index in [0.717, 1.165) is 43.2 Å². The summed E-state index contributed by atoms with van der Waals surface area (Å²) >= 11 is 3.38. The van der Waals surface area contributed by atoms with E-state index in [4.69, 9.17) is 0 Å². The molecule has 2 amide bonds. The average molecular weight is 395 g/mol. The lowest BCUT2D eigenvalue weighted by Gasteiger charge is -2.32. The van der Waals surface area contributed by atoms with E-state index in [2.05, 4.69) is 28.2 Å². The smallest absolute Gasteiger partial charge is 0.253 e. The highest BCUT2D eigenvalue weighted by molar-refractivity contribution is 9.10. The van der Waals surface area contributed by atoms with Crippen molar-refractivity contribution in [2.45, 2.75) is 45.4 Å². The van der Waals surface area contributed by atoms with Crippen LogP contribution >= 0.6 is 15.9 Å². The number of unbranched alkanes of at least 4 members (excludes halogenated alkanes) is 3. The van der Waals surface area contributed by atoms with Gasteiger partial charge in [0.1, 0.15) is 0 Å². The van der Waals surface area contributed by atoms with Crippen LogP contribution in [0.5, 0.6) is 0 Å². The Labute approximate surface area is 153 Å². The van der Waals surface area contributed by atoms with Crippen molar-refractivity contribution in [3.05, 3.63) is 34.3 Å². The summed E-state index contributed by atoms with van der Waals surface area (Å²) in [7, 11) is 0. The molecule has 2 rings (SSSR count). The van der Waals surface area contributed by atoms with Crippen LogP contribution in [0.4, 0.5) is 0 Å². The van der Waals surface area contributed by atoms with Gasteiger partial charge in [-0.2, -0.15) is 0 Å². The topological polar surface area (TPSA) is 49.4 Å². The van der Waals surface area contributed by atoms with Crippen molar-refractivity contribution in [1.82, 2.24) is 10.2 Å². The van der Waals surface area contributed by atoms with Crippen LogP contribution in [0.2, 0.25) is 0 Å². The maximum absolute atomic E-state index is 12.6. The molecule has 1 heterocycles. The van der Waals surface area contributed by atoms with Gasteiger partial charge in [-0.15, -0.1) is 0 Å². The summed E-state index contributed by atoms with van der Waals surface area (Å²) in [5.41, 5.74) is 0.679.